The van der Waals surface area contributed by atoms with Crippen LogP contribution in [-0.2, 0) is 46.7 Å². The van der Waals surface area contributed by atoms with Crippen LogP contribution in [0.3, 0.4) is 0 Å². The molecule has 0 radical (unpaired) electrons. The average Bonchev–Trinajstić information content (AvgIpc) is 2.64. The number of hydrogen-bond donors (Lipinski definition) is 10. The van der Waals surface area contributed by atoms with Crippen molar-refractivity contribution >= 4 is 37.1 Å². The van der Waals surface area contributed by atoms with Gasteiger partial charge in [0, 0.05) is 0 Å². The smallest absolute Gasteiger partial charge is 0.331 e. The highest BCUT2D eigenvalue weighted by atomic mass is 32.5. The highest BCUT2D eigenvalue weighted by molar-refractivity contribution is 8.14. The molecule has 2 rings (SSSR count). The summed E-state index contributed by atoms with van der Waals surface area (Å²) >= 11 is 8.71. The maximum Gasteiger partial charge on any atom is 0.331 e. The van der Waals surface area contributed by atoms with E-state index in [1.54, 1.807) is 0 Å². The SMILES string of the molecule is OC1O[C@H](CO[C@H]2O[C@H](COP(O)(=S)OP(O)(O)=S)[C@H](O)[C@H](O)[C@H]2O)[C@@H](O)[C@H](O)[C@H]1O. The number of aliphatic hydroxyl groups excluding tert-OH is 7. The molecule has 0 spiro atoms. The summed E-state index contributed by atoms with van der Waals surface area (Å²) < 4.78 is 24.5. The van der Waals surface area contributed by atoms with Crippen molar-refractivity contribution in [3.8, 4) is 0 Å². The van der Waals surface area contributed by atoms with Crippen LogP contribution in [0.2, 0.25) is 0 Å². The molecule has 0 amide bonds. The minimum Gasteiger partial charge on any atom is -0.387 e. The molecule has 2 fully saturated rings. The first-order valence-electron chi connectivity index (χ1n) is 8.56. The van der Waals surface area contributed by atoms with Crippen LogP contribution in [0.5, 0.6) is 0 Å². The molecule has 2 aliphatic heterocycles. The van der Waals surface area contributed by atoms with Crippen molar-refractivity contribution in [2.24, 2.45) is 0 Å². The molecule has 0 aromatic heterocycles. The van der Waals surface area contributed by atoms with Crippen molar-refractivity contribution in [3.63, 3.8) is 0 Å². The Morgan fingerprint density at radius 1 is 0.677 bits per heavy atom. The lowest BCUT2D eigenvalue weighted by molar-refractivity contribution is -0.325. The maximum absolute atomic E-state index is 10.0. The zero-order valence-corrected chi connectivity index (χ0v) is 18.8. The van der Waals surface area contributed by atoms with Crippen LogP contribution in [-0.4, -0.2) is 125 Å². The van der Waals surface area contributed by atoms with Crippen molar-refractivity contribution in [2.75, 3.05) is 13.2 Å². The summed E-state index contributed by atoms with van der Waals surface area (Å²) in [7, 11) is 0. The van der Waals surface area contributed by atoms with E-state index < -0.39 is 88.1 Å². The summed E-state index contributed by atoms with van der Waals surface area (Å²) in [5.41, 5.74) is 0. The molecule has 15 nitrogen and oxygen atoms in total. The van der Waals surface area contributed by atoms with Gasteiger partial charge in [0.1, 0.15) is 48.8 Å². The van der Waals surface area contributed by atoms with Gasteiger partial charge in [-0.15, -0.1) is 0 Å². The van der Waals surface area contributed by atoms with Gasteiger partial charge in [-0.25, -0.2) is 4.31 Å². The first-order valence-corrected chi connectivity index (χ1v) is 13.8. The second-order valence-corrected chi connectivity index (χ2v) is 12.4. The van der Waals surface area contributed by atoms with Crippen LogP contribution >= 0.6 is 13.4 Å². The lowest BCUT2D eigenvalue weighted by Crippen LogP contribution is -2.61. The number of ether oxygens (including phenoxy) is 3. The number of aliphatic hydroxyl groups is 7. The first-order chi connectivity index (χ1) is 14.1. The molecule has 11 atom stereocenters. The summed E-state index contributed by atoms with van der Waals surface area (Å²) in [5.74, 6) is 0. The fourth-order valence-corrected chi connectivity index (χ4v) is 6.59. The Morgan fingerprint density at radius 3 is 1.74 bits per heavy atom. The third-order valence-electron chi connectivity index (χ3n) is 4.39. The van der Waals surface area contributed by atoms with Crippen LogP contribution in [0, 0.1) is 0 Å². The largest absolute Gasteiger partial charge is 0.387 e. The Kier molecular flexibility index (Phi) is 9.88. The van der Waals surface area contributed by atoms with Crippen LogP contribution in [0.4, 0.5) is 0 Å². The molecule has 19 heteroatoms. The second-order valence-electron chi connectivity index (χ2n) is 6.72. The molecule has 2 heterocycles. The zero-order valence-electron chi connectivity index (χ0n) is 15.4. The Hall–Kier alpha value is 0.700. The Bertz CT molecular complexity index is 695. The number of rotatable bonds is 8. The molecule has 2 aliphatic rings. The van der Waals surface area contributed by atoms with Crippen molar-refractivity contribution in [3.05, 3.63) is 0 Å². The molecular weight excluding hydrogens is 510 g/mol. The Balaban J connectivity index is 1.98. The maximum atomic E-state index is 10.0. The lowest BCUT2D eigenvalue weighted by Gasteiger charge is -2.42. The quantitative estimate of drug-likeness (QED) is 0.131. The van der Waals surface area contributed by atoms with Crippen LogP contribution in [0.1, 0.15) is 0 Å². The monoisotopic (exact) mass is 534 g/mol. The van der Waals surface area contributed by atoms with Crippen LogP contribution in [0.25, 0.3) is 0 Å². The molecule has 31 heavy (non-hydrogen) atoms. The molecule has 0 aliphatic carbocycles. The third-order valence-corrected chi connectivity index (χ3v) is 8.06. The van der Waals surface area contributed by atoms with Crippen LogP contribution < -0.4 is 0 Å². The van der Waals surface area contributed by atoms with E-state index in [4.69, 9.17) is 28.5 Å². The summed E-state index contributed by atoms with van der Waals surface area (Å²) in [6.07, 6.45) is -16.9. The van der Waals surface area contributed by atoms with E-state index in [-0.39, 0.29) is 0 Å². The minimum atomic E-state index is -4.36. The number of hydrogen-bond acceptors (Lipinski definition) is 14. The van der Waals surface area contributed by atoms with Crippen molar-refractivity contribution in [2.45, 2.75) is 61.4 Å². The second kappa shape index (κ2) is 11.0. The standard InChI is InChI=1S/C12H24O15P2S2/c13-5-3(25-11(19)9(17)7(5)15)1-23-12-10(18)8(16)6(14)4(26-12)2-24-29(22,31)27-28(20,21)30/h3-19H,1-2H2,(H,22,31)(H2,20,21,30)/t3-,4-,5-,6+,7+,8+,9-,10-,11?,12+,29?/m1/s1. The average molecular weight is 534 g/mol. The molecule has 0 saturated carbocycles. The van der Waals surface area contributed by atoms with Gasteiger partial charge in [0.15, 0.2) is 12.6 Å². The van der Waals surface area contributed by atoms with Gasteiger partial charge in [-0.1, -0.05) is 0 Å². The van der Waals surface area contributed by atoms with E-state index >= 15 is 0 Å². The zero-order chi connectivity index (χ0) is 23.7. The highest BCUT2D eigenvalue weighted by Crippen LogP contribution is 2.58. The van der Waals surface area contributed by atoms with E-state index in [0.29, 0.717) is 0 Å². The van der Waals surface area contributed by atoms with Gasteiger partial charge in [-0.2, -0.15) is 0 Å². The predicted octanol–water partition coefficient (Wildman–Crippen LogP) is -4.93. The summed E-state index contributed by atoms with van der Waals surface area (Å²) in [5, 5.41) is 68.6. The molecule has 2 unspecified atom stereocenters. The van der Waals surface area contributed by atoms with Crippen LogP contribution in [0.15, 0.2) is 0 Å². The minimum absolute atomic E-state index is 0.598. The van der Waals surface area contributed by atoms with Crippen molar-refractivity contribution < 1.29 is 73.5 Å². The molecular formula is C12H24O15P2S2. The molecule has 10 N–H and O–H groups in total. The van der Waals surface area contributed by atoms with Gasteiger partial charge in [-0.3, -0.25) is 0 Å². The fraction of sp³-hybridized carbons (Fsp3) is 1.00. The predicted molar refractivity (Wildman–Crippen MR) is 104 cm³/mol. The van der Waals surface area contributed by atoms with Gasteiger partial charge < -0.3 is 69.2 Å². The fourth-order valence-electron chi connectivity index (χ4n) is 2.78. The normalized spacial score (nSPS) is 44.1. The molecule has 0 bridgehead atoms. The summed E-state index contributed by atoms with van der Waals surface area (Å²) in [4.78, 5) is 27.9. The van der Waals surface area contributed by atoms with E-state index in [1.165, 1.54) is 0 Å². The summed E-state index contributed by atoms with van der Waals surface area (Å²) in [6.45, 7) is -9.97. The van der Waals surface area contributed by atoms with Crippen molar-refractivity contribution in [1.82, 2.24) is 0 Å². The van der Waals surface area contributed by atoms with Gasteiger partial charge >= 0.3 is 13.4 Å². The van der Waals surface area contributed by atoms with Gasteiger partial charge in [0.25, 0.3) is 0 Å². The lowest BCUT2D eigenvalue weighted by atomic mass is 9.98. The molecule has 184 valence electrons. The van der Waals surface area contributed by atoms with E-state index in [2.05, 4.69) is 27.9 Å². The Morgan fingerprint density at radius 2 is 1.19 bits per heavy atom. The molecule has 2 saturated heterocycles. The molecule has 0 aromatic rings. The van der Waals surface area contributed by atoms with Gasteiger partial charge in [0.05, 0.1) is 13.2 Å². The molecule has 0 aromatic carbocycles. The summed E-state index contributed by atoms with van der Waals surface area (Å²) in [6, 6.07) is 0. The topological polar surface area (TPSA) is 248 Å². The van der Waals surface area contributed by atoms with E-state index in [9.17, 15) is 40.6 Å². The van der Waals surface area contributed by atoms with E-state index in [1.807, 2.05) is 0 Å². The first kappa shape index (κ1) is 27.9. The Labute approximate surface area is 185 Å². The van der Waals surface area contributed by atoms with Gasteiger partial charge in [-0.05, 0) is 23.6 Å². The van der Waals surface area contributed by atoms with Gasteiger partial charge in [0.2, 0.25) is 0 Å². The highest BCUT2D eigenvalue weighted by Gasteiger charge is 2.47. The van der Waals surface area contributed by atoms with E-state index in [0.717, 1.165) is 0 Å². The van der Waals surface area contributed by atoms with Crippen molar-refractivity contribution in [1.29, 1.82) is 0 Å². The third kappa shape index (κ3) is 7.60.